The van der Waals surface area contributed by atoms with Crippen LogP contribution < -0.4 is 0 Å². The van der Waals surface area contributed by atoms with Crippen LogP contribution in [0.25, 0.3) is 0 Å². The van der Waals surface area contributed by atoms with E-state index in [4.69, 9.17) is 8.91 Å². The Morgan fingerprint density at radius 3 is 1.50 bits per heavy atom. The zero-order valence-corrected chi connectivity index (χ0v) is 5.55. The molecule has 6 heavy (non-hydrogen) atoms. The Labute approximate surface area is 45.8 Å². The molecule has 0 radical (unpaired) electrons. The number of aliphatic hydroxyl groups is 1. The summed E-state index contributed by atoms with van der Waals surface area (Å²) in [5, 5.41) is 8.06. The van der Waals surface area contributed by atoms with Crippen LogP contribution in [0.1, 0.15) is 13.8 Å². The predicted molar refractivity (Wildman–Crippen MR) is 25.2 cm³/mol. The van der Waals surface area contributed by atoms with Gasteiger partial charge in [0.05, 0.1) is 0 Å². The van der Waals surface area contributed by atoms with Crippen LogP contribution >= 0.6 is 0 Å². The molecule has 3 heteroatoms. The fraction of sp³-hybridized carbons (Fsp3) is 1.00. The van der Waals surface area contributed by atoms with Crippen molar-refractivity contribution in [3.05, 3.63) is 0 Å². The summed E-state index contributed by atoms with van der Waals surface area (Å²) in [7, 11) is 0. The van der Waals surface area contributed by atoms with Gasteiger partial charge in [0.1, 0.15) is 0 Å². The molecule has 0 aliphatic carbocycles. The molecule has 0 aliphatic rings. The zero-order chi connectivity index (χ0) is 5.58. The molecule has 0 spiro atoms. The van der Waals surface area contributed by atoms with Gasteiger partial charge in [-0.15, -0.1) is 0 Å². The Morgan fingerprint density at radius 2 is 1.50 bits per heavy atom. The summed E-state index contributed by atoms with van der Waals surface area (Å²) in [6, 6.07) is 0. The van der Waals surface area contributed by atoms with E-state index < -0.39 is 0 Å². The Bertz CT molecular complexity index is 20.0. The van der Waals surface area contributed by atoms with Crippen LogP contribution in [0.3, 0.4) is 0 Å². The van der Waals surface area contributed by atoms with Crippen molar-refractivity contribution in [3.8, 4) is 0 Å². The first-order valence-corrected chi connectivity index (χ1v) is 2.28. The van der Waals surface area contributed by atoms with Crippen LogP contribution in [-0.4, -0.2) is 27.4 Å². The summed E-state index contributed by atoms with van der Waals surface area (Å²) in [6.07, 6.45) is -0.167. The average molecular weight is 104 g/mol. The molecular formula is C3H9AlO2. The summed E-state index contributed by atoms with van der Waals surface area (Å²) in [5.41, 5.74) is 0. The molecule has 0 aliphatic heterocycles. The van der Waals surface area contributed by atoms with E-state index in [0.717, 1.165) is 0 Å². The molecule has 0 saturated heterocycles. The van der Waals surface area contributed by atoms with Crippen LogP contribution in [-0.2, 0) is 3.80 Å². The molecule has 0 aromatic heterocycles. The van der Waals surface area contributed by atoms with E-state index in [2.05, 4.69) is 0 Å². The molecule has 0 heterocycles. The Morgan fingerprint density at radius 1 is 1.50 bits per heavy atom. The van der Waals surface area contributed by atoms with Crippen LogP contribution in [0.4, 0.5) is 0 Å². The first-order valence-electron chi connectivity index (χ1n) is 1.70. The molecule has 0 fully saturated rings. The summed E-state index contributed by atoms with van der Waals surface area (Å²) in [6.45, 7) is 3.44. The second-order valence-electron chi connectivity index (χ2n) is 1.09. The van der Waals surface area contributed by atoms with Gasteiger partial charge in [0.15, 0.2) is 0 Å². The first-order chi connectivity index (χ1) is 2.73. The maximum absolute atomic E-state index is 8.28. The second kappa shape index (κ2) is 9.00. The first kappa shape index (κ1) is 9.57. The monoisotopic (exact) mass is 104 g/mol. The third kappa shape index (κ3) is 544. The van der Waals surface area contributed by atoms with Gasteiger partial charge in [-0.25, -0.2) is 0 Å². The minimum absolute atomic E-state index is 0.167. The van der Waals surface area contributed by atoms with Gasteiger partial charge in [-0.1, -0.05) is 0 Å². The molecule has 0 unspecified atom stereocenters. The van der Waals surface area contributed by atoms with Crippen LogP contribution in [0.5, 0.6) is 0 Å². The fourth-order valence-electron chi connectivity index (χ4n) is 0. The van der Waals surface area contributed by atoms with Gasteiger partial charge in [-0.05, 0) is 13.8 Å². The molecule has 2 nitrogen and oxygen atoms in total. The van der Waals surface area contributed by atoms with Crippen LogP contribution in [0.2, 0.25) is 0 Å². The molecule has 1 N–H and O–H groups in total. The van der Waals surface area contributed by atoms with Gasteiger partial charge in [0.25, 0.3) is 0 Å². The molecule has 0 aromatic carbocycles. The summed E-state index contributed by atoms with van der Waals surface area (Å²) in [5.74, 6) is 0. The molecule has 0 bridgehead atoms. The van der Waals surface area contributed by atoms with E-state index in [1.165, 1.54) is 0 Å². The van der Waals surface area contributed by atoms with Crippen LogP contribution in [0.15, 0.2) is 0 Å². The zero-order valence-electron chi connectivity index (χ0n) is 4.14. The van der Waals surface area contributed by atoms with Gasteiger partial charge in [-0.3, -0.25) is 0 Å². The van der Waals surface area contributed by atoms with Crippen molar-refractivity contribution >= 4 is 16.2 Å². The normalized spacial score (nSPS) is 6.50. The molecule has 0 amide bonds. The minimum atomic E-state index is -0.167. The number of aliphatic hydroxyl groups excluding tert-OH is 1. The summed E-state index contributed by atoms with van der Waals surface area (Å²) >= 11 is 0.611. The standard InChI is InChI=1S/C3H8O.Al.O.H/c1-3(2)4;;;/h3-4H,1-2H3;;;. The van der Waals surface area contributed by atoms with E-state index >= 15 is 0 Å². The van der Waals surface area contributed by atoms with E-state index in [-0.39, 0.29) is 6.10 Å². The van der Waals surface area contributed by atoms with Crippen molar-refractivity contribution in [2.24, 2.45) is 0 Å². The summed E-state index contributed by atoms with van der Waals surface area (Å²) in [4.78, 5) is 0. The van der Waals surface area contributed by atoms with Crippen molar-refractivity contribution in [1.29, 1.82) is 0 Å². The summed E-state index contributed by atoms with van der Waals surface area (Å²) < 4.78 is 8.28. The van der Waals surface area contributed by atoms with Crippen molar-refractivity contribution in [2.45, 2.75) is 20.0 Å². The molecular weight excluding hydrogens is 95.0 g/mol. The SMILES string of the molecule is CC(C)O.[O]=[AlH]. The van der Waals surface area contributed by atoms with Crippen molar-refractivity contribution in [1.82, 2.24) is 0 Å². The maximum atomic E-state index is 8.28. The Kier molecular flexibility index (Phi) is 14.3. The third-order valence-corrected chi connectivity index (χ3v) is 0. The third-order valence-electron chi connectivity index (χ3n) is 0. The quantitative estimate of drug-likeness (QED) is 0.425. The Balaban J connectivity index is 0. The Hall–Kier alpha value is 0.292. The number of hydrogen-bond acceptors (Lipinski definition) is 2. The second-order valence-corrected chi connectivity index (χ2v) is 1.09. The van der Waals surface area contributed by atoms with Crippen LogP contribution in [0, 0.1) is 0 Å². The topological polar surface area (TPSA) is 37.3 Å². The van der Waals surface area contributed by atoms with Crippen molar-refractivity contribution in [3.63, 3.8) is 0 Å². The molecule has 0 atom stereocenters. The average Bonchev–Trinajstić information content (AvgIpc) is 1.41. The van der Waals surface area contributed by atoms with Crippen molar-refractivity contribution < 1.29 is 8.91 Å². The van der Waals surface area contributed by atoms with Gasteiger partial charge >= 0.3 is 20.0 Å². The molecule has 0 aromatic rings. The van der Waals surface area contributed by atoms with E-state index in [1.54, 1.807) is 13.8 Å². The number of rotatable bonds is 0. The molecule has 0 rings (SSSR count). The van der Waals surface area contributed by atoms with Gasteiger partial charge in [0.2, 0.25) is 0 Å². The predicted octanol–water partition coefficient (Wildman–Crippen LogP) is -0.380. The van der Waals surface area contributed by atoms with Crippen molar-refractivity contribution in [2.75, 3.05) is 0 Å². The van der Waals surface area contributed by atoms with E-state index in [0.29, 0.717) is 16.2 Å². The van der Waals surface area contributed by atoms with Gasteiger partial charge in [0, 0.05) is 6.10 Å². The molecule has 0 saturated carbocycles. The molecule has 36 valence electrons. The van der Waals surface area contributed by atoms with Gasteiger partial charge < -0.3 is 5.11 Å². The van der Waals surface area contributed by atoms with Gasteiger partial charge in [-0.2, -0.15) is 0 Å². The van der Waals surface area contributed by atoms with E-state index in [1.807, 2.05) is 0 Å². The van der Waals surface area contributed by atoms with E-state index in [9.17, 15) is 0 Å². The fourth-order valence-corrected chi connectivity index (χ4v) is 0. The number of hydrogen-bond donors (Lipinski definition) is 1.